The average Bonchev–Trinajstić information content (AvgIpc) is 2.15. The van der Waals surface area contributed by atoms with Gasteiger partial charge in [-0.3, -0.25) is 4.79 Å². The van der Waals surface area contributed by atoms with Crippen molar-refractivity contribution in [3.8, 4) is 0 Å². The Morgan fingerprint density at radius 2 is 2.07 bits per heavy atom. The predicted octanol–water partition coefficient (Wildman–Crippen LogP) is -1.83. The van der Waals surface area contributed by atoms with E-state index in [2.05, 4.69) is 32.9 Å². The lowest BCUT2D eigenvalue weighted by atomic mass is 10.2. The Hall–Kier alpha value is -0.540. The number of hydrogen-bond donors (Lipinski definition) is 1. The Morgan fingerprint density at radius 1 is 1.53 bits per heavy atom. The van der Waals surface area contributed by atoms with E-state index in [1.807, 2.05) is 6.92 Å². The molecule has 0 rings (SSSR count). The molecule has 0 saturated heterocycles. The highest BCUT2D eigenvalue weighted by Crippen LogP contribution is 2.01. The Morgan fingerprint density at radius 3 is 2.47 bits per heavy atom. The quantitative estimate of drug-likeness (QED) is 0.425. The second kappa shape index (κ2) is 7.71. The van der Waals surface area contributed by atoms with Gasteiger partial charge >= 0.3 is 0 Å². The summed E-state index contributed by atoms with van der Waals surface area (Å²) in [6.45, 7) is 9.81. The lowest BCUT2D eigenvalue weighted by Crippen LogP contribution is -3.00. The minimum atomic E-state index is -0.0840. The van der Waals surface area contributed by atoms with Crippen molar-refractivity contribution in [1.29, 1.82) is 0 Å². The Kier molecular flexibility index (Phi) is 8.68. The zero-order chi connectivity index (χ0) is 11.2. The second-order valence-corrected chi connectivity index (χ2v) is 4.38. The van der Waals surface area contributed by atoms with Crippen molar-refractivity contribution in [2.45, 2.75) is 26.3 Å². The van der Waals surface area contributed by atoms with Crippen LogP contribution in [-0.2, 0) is 4.79 Å². The fourth-order valence-electron chi connectivity index (χ4n) is 1.08. The van der Waals surface area contributed by atoms with Crippen molar-refractivity contribution < 1.29 is 21.7 Å². The molecule has 0 radical (unpaired) electrons. The van der Waals surface area contributed by atoms with Crippen LogP contribution < -0.4 is 17.7 Å². The van der Waals surface area contributed by atoms with E-state index in [1.165, 1.54) is 6.08 Å². The van der Waals surface area contributed by atoms with Gasteiger partial charge in [-0.15, -0.1) is 0 Å². The second-order valence-electron chi connectivity index (χ2n) is 4.38. The minimum absolute atomic E-state index is 0. The van der Waals surface area contributed by atoms with E-state index >= 15 is 0 Å². The molecule has 0 bridgehead atoms. The summed E-state index contributed by atoms with van der Waals surface area (Å²) in [6, 6.07) is 0.226. The van der Waals surface area contributed by atoms with Gasteiger partial charge in [0.25, 0.3) is 0 Å². The molecule has 0 spiro atoms. The molecule has 1 amide bonds. The number of rotatable bonds is 6. The van der Waals surface area contributed by atoms with Crippen LogP contribution in [0.5, 0.6) is 0 Å². The SMILES string of the molecule is C=CC(=O)NC(C)CC[N+](C)(C)CC.[Cl-]. The van der Waals surface area contributed by atoms with Crippen LogP contribution >= 0.6 is 0 Å². The molecule has 1 N–H and O–H groups in total. The van der Waals surface area contributed by atoms with Gasteiger partial charge in [-0.25, -0.2) is 0 Å². The summed E-state index contributed by atoms with van der Waals surface area (Å²) in [5.41, 5.74) is 0. The molecule has 15 heavy (non-hydrogen) atoms. The molecule has 0 aromatic carbocycles. The van der Waals surface area contributed by atoms with Gasteiger partial charge in [0, 0.05) is 12.5 Å². The van der Waals surface area contributed by atoms with Gasteiger partial charge in [0.1, 0.15) is 0 Å². The van der Waals surface area contributed by atoms with Crippen molar-refractivity contribution in [3.63, 3.8) is 0 Å². The van der Waals surface area contributed by atoms with Crippen molar-refractivity contribution in [2.24, 2.45) is 0 Å². The Labute approximate surface area is 99.5 Å². The lowest BCUT2D eigenvalue weighted by Gasteiger charge is -2.29. The molecular weight excluding hydrogens is 212 g/mol. The Balaban J connectivity index is 0. The van der Waals surface area contributed by atoms with E-state index in [1.54, 1.807) is 0 Å². The molecule has 90 valence electrons. The molecule has 3 nitrogen and oxygen atoms in total. The topological polar surface area (TPSA) is 29.1 Å². The maximum Gasteiger partial charge on any atom is 0.243 e. The van der Waals surface area contributed by atoms with E-state index in [0.29, 0.717) is 0 Å². The van der Waals surface area contributed by atoms with Crippen molar-refractivity contribution >= 4 is 5.91 Å². The van der Waals surface area contributed by atoms with Crippen molar-refractivity contribution in [3.05, 3.63) is 12.7 Å². The summed E-state index contributed by atoms with van der Waals surface area (Å²) in [4.78, 5) is 11.0. The molecule has 0 heterocycles. The first-order chi connectivity index (χ1) is 6.41. The first kappa shape index (κ1) is 16.9. The summed E-state index contributed by atoms with van der Waals surface area (Å²) < 4.78 is 0.994. The molecule has 0 aromatic heterocycles. The molecule has 0 fully saturated rings. The normalized spacial score (nSPS) is 12.5. The van der Waals surface area contributed by atoms with Gasteiger partial charge < -0.3 is 22.2 Å². The van der Waals surface area contributed by atoms with E-state index in [-0.39, 0.29) is 24.4 Å². The third-order valence-corrected chi connectivity index (χ3v) is 2.60. The molecule has 1 unspecified atom stereocenters. The van der Waals surface area contributed by atoms with E-state index in [9.17, 15) is 4.79 Å². The van der Waals surface area contributed by atoms with Crippen LogP contribution in [0.15, 0.2) is 12.7 Å². The molecule has 0 aromatic rings. The predicted molar refractivity (Wildman–Crippen MR) is 59.9 cm³/mol. The largest absolute Gasteiger partial charge is 1.00 e. The third kappa shape index (κ3) is 8.45. The molecule has 0 aliphatic carbocycles. The molecule has 0 aliphatic heterocycles. The van der Waals surface area contributed by atoms with Gasteiger partial charge in [-0.2, -0.15) is 0 Å². The van der Waals surface area contributed by atoms with Gasteiger partial charge in [-0.1, -0.05) is 6.58 Å². The van der Waals surface area contributed by atoms with Crippen LogP contribution in [0.25, 0.3) is 0 Å². The summed E-state index contributed by atoms with van der Waals surface area (Å²) in [6.07, 6.45) is 2.32. The van der Waals surface area contributed by atoms with Crippen LogP contribution in [0.4, 0.5) is 0 Å². The lowest BCUT2D eigenvalue weighted by molar-refractivity contribution is -0.888. The average molecular weight is 235 g/mol. The summed E-state index contributed by atoms with van der Waals surface area (Å²) in [5, 5.41) is 2.86. The number of carbonyl (C=O) groups is 1. The number of halogens is 1. The highest BCUT2D eigenvalue weighted by atomic mass is 35.5. The number of quaternary nitrogens is 1. The fourth-order valence-corrected chi connectivity index (χ4v) is 1.08. The van der Waals surface area contributed by atoms with Crippen LogP contribution in [-0.4, -0.2) is 43.6 Å². The molecule has 4 heteroatoms. The van der Waals surface area contributed by atoms with Crippen LogP contribution in [0.1, 0.15) is 20.3 Å². The fraction of sp³-hybridized carbons (Fsp3) is 0.727. The van der Waals surface area contributed by atoms with Gasteiger partial charge in [0.05, 0.1) is 27.2 Å². The highest BCUT2D eigenvalue weighted by Gasteiger charge is 2.14. The van der Waals surface area contributed by atoms with Gasteiger partial charge in [-0.05, 0) is 19.9 Å². The van der Waals surface area contributed by atoms with Crippen LogP contribution in [0.3, 0.4) is 0 Å². The summed E-state index contributed by atoms with van der Waals surface area (Å²) >= 11 is 0. The molecule has 0 saturated carbocycles. The first-order valence-electron chi connectivity index (χ1n) is 5.16. The number of nitrogens with zero attached hydrogens (tertiary/aromatic N) is 1. The van der Waals surface area contributed by atoms with E-state index in [4.69, 9.17) is 0 Å². The maximum absolute atomic E-state index is 11.0. The molecular formula is C11H23ClN2O. The standard InChI is InChI=1S/C11H22N2O.ClH/c1-6-11(14)12-10(3)8-9-13(4,5)7-2;/h6,10H,1,7-9H2,2-5H3;1H. The van der Waals surface area contributed by atoms with Crippen molar-refractivity contribution in [2.75, 3.05) is 27.2 Å². The van der Waals surface area contributed by atoms with E-state index in [0.717, 1.165) is 24.0 Å². The summed E-state index contributed by atoms with van der Waals surface area (Å²) in [5.74, 6) is -0.0840. The number of amides is 1. The van der Waals surface area contributed by atoms with Gasteiger partial charge in [0.2, 0.25) is 5.91 Å². The molecule has 1 atom stereocenters. The minimum Gasteiger partial charge on any atom is -1.00 e. The zero-order valence-corrected chi connectivity index (χ0v) is 11.0. The van der Waals surface area contributed by atoms with Gasteiger partial charge in [0.15, 0.2) is 0 Å². The number of carbonyl (C=O) groups excluding carboxylic acids is 1. The first-order valence-corrected chi connectivity index (χ1v) is 5.16. The monoisotopic (exact) mass is 234 g/mol. The zero-order valence-electron chi connectivity index (χ0n) is 10.2. The third-order valence-electron chi connectivity index (χ3n) is 2.60. The molecule has 0 aliphatic rings. The smallest absolute Gasteiger partial charge is 0.243 e. The number of nitrogens with one attached hydrogen (secondary N) is 1. The Bertz CT molecular complexity index is 205. The highest BCUT2D eigenvalue weighted by molar-refractivity contribution is 5.87. The van der Waals surface area contributed by atoms with Crippen LogP contribution in [0, 0.1) is 0 Å². The van der Waals surface area contributed by atoms with Crippen LogP contribution in [0.2, 0.25) is 0 Å². The van der Waals surface area contributed by atoms with Crippen molar-refractivity contribution in [1.82, 2.24) is 5.32 Å². The maximum atomic E-state index is 11.0. The van der Waals surface area contributed by atoms with E-state index < -0.39 is 0 Å². The number of hydrogen-bond acceptors (Lipinski definition) is 1. The summed E-state index contributed by atoms with van der Waals surface area (Å²) in [7, 11) is 4.39.